The van der Waals surface area contributed by atoms with Gasteiger partial charge in [-0.05, 0) is 18.2 Å². The molecule has 0 aliphatic heterocycles. The van der Waals surface area contributed by atoms with Crippen molar-refractivity contribution in [2.24, 2.45) is 0 Å². The molecule has 0 saturated carbocycles. The van der Waals surface area contributed by atoms with E-state index in [9.17, 15) is 14.4 Å². The first kappa shape index (κ1) is 14.0. The minimum absolute atomic E-state index is 0.0325. The molecule has 0 saturated heterocycles. The van der Waals surface area contributed by atoms with Crippen LogP contribution in [0.25, 0.3) is 22.2 Å². The number of aromatic amines is 2. The first-order valence-electron chi connectivity index (χ1n) is 6.12. The number of pyridine rings is 1. The van der Waals surface area contributed by atoms with Gasteiger partial charge in [-0.25, -0.2) is 9.89 Å². The number of hydrogen-bond donors (Lipinski definition) is 3. The Balaban J connectivity index is 2.40. The Morgan fingerprint density at radius 2 is 1.82 bits per heavy atom. The molecular formula is C14H8ClN3O4. The summed E-state index contributed by atoms with van der Waals surface area (Å²) in [6.07, 6.45) is 0. The third-order valence-electron chi connectivity index (χ3n) is 3.14. The van der Waals surface area contributed by atoms with E-state index in [0.29, 0.717) is 16.3 Å². The summed E-state index contributed by atoms with van der Waals surface area (Å²) < 4.78 is 0. The van der Waals surface area contributed by atoms with Crippen LogP contribution in [0.1, 0.15) is 10.4 Å². The van der Waals surface area contributed by atoms with Crippen molar-refractivity contribution in [3.8, 4) is 11.3 Å². The zero-order valence-electron chi connectivity index (χ0n) is 10.9. The average Bonchev–Trinajstić information content (AvgIpc) is 2.48. The summed E-state index contributed by atoms with van der Waals surface area (Å²) in [6, 6.07) is 7.77. The Hall–Kier alpha value is -2.93. The van der Waals surface area contributed by atoms with Gasteiger partial charge >= 0.3 is 5.97 Å². The molecule has 3 rings (SSSR count). The molecule has 22 heavy (non-hydrogen) atoms. The van der Waals surface area contributed by atoms with Gasteiger partial charge in [0.2, 0.25) is 0 Å². The van der Waals surface area contributed by atoms with Crippen molar-refractivity contribution in [2.45, 2.75) is 0 Å². The Labute approximate surface area is 127 Å². The van der Waals surface area contributed by atoms with Gasteiger partial charge in [0.25, 0.3) is 11.1 Å². The van der Waals surface area contributed by atoms with Gasteiger partial charge in [-0.15, -0.1) is 0 Å². The summed E-state index contributed by atoms with van der Waals surface area (Å²) >= 11 is 5.83. The van der Waals surface area contributed by atoms with Crippen LogP contribution in [0.2, 0.25) is 5.02 Å². The fraction of sp³-hybridized carbons (Fsp3) is 0. The molecule has 0 fully saturated rings. The largest absolute Gasteiger partial charge is 0.477 e. The van der Waals surface area contributed by atoms with Gasteiger partial charge in [0.15, 0.2) is 0 Å². The number of carboxylic acids is 1. The van der Waals surface area contributed by atoms with Crippen molar-refractivity contribution in [1.29, 1.82) is 0 Å². The lowest BCUT2D eigenvalue weighted by atomic mass is 10.1. The van der Waals surface area contributed by atoms with Gasteiger partial charge in [-0.1, -0.05) is 23.7 Å². The molecule has 0 bridgehead atoms. The molecule has 0 aliphatic rings. The lowest BCUT2D eigenvalue weighted by molar-refractivity contribution is 0.0695. The quantitative estimate of drug-likeness (QED) is 0.664. The van der Waals surface area contributed by atoms with Gasteiger partial charge in [0.05, 0.1) is 0 Å². The Bertz CT molecular complexity index is 1010. The number of fused-ring (bicyclic) bond motifs is 1. The lowest BCUT2D eigenvalue weighted by Crippen LogP contribution is -2.21. The summed E-state index contributed by atoms with van der Waals surface area (Å²) in [5.41, 5.74) is -0.996. The molecule has 0 atom stereocenters. The molecule has 0 radical (unpaired) electrons. The average molecular weight is 318 g/mol. The van der Waals surface area contributed by atoms with Gasteiger partial charge in [0, 0.05) is 16.0 Å². The molecular weight excluding hydrogens is 310 g/mol. The van der Waals surface area contributed by atoms with Gasteiger partial charge < -0.3 is 10.1 Å². The summed E-state index contributed by atoms with van der Waals surface area (Å²) in [7, 11) is 0. The van der Waals surface area contributed by atoms with Crippen LogP contribution in [0.15, 0.2) is 39.9 Å². The number of aromatic nitrogens is 3. The molecule has 3 N–H and O–H groups in total. The summed E-state index contributed by atoms with van der Waals surface area (Å²) in [5.74, 6) is -1.38. The number of benzene rings is 1. The van der Waals surface area contributed by atoms with Crippen molar-refractivity contribution < 1.29 is 9.90 Å². The van der Waals surface area contributed by atoms with E-state index in [-0.39, 0.29) is 10.9 Å². The number of hydrogen-bond acceptors (Lipinski definition) is 4. The van der Waals surface area contributed by atoms with E-state index in [4.69, 9.17) is 16.7 Å². The number of H-pyrrole nitrogens is 2. The zero-order valence-corrected chi connectivity index (χ0v) is 11.6. The van der Waals surface area contributed by atoms with Crippen molar-refractivity contribution in [3.05, 3.63) is 61.6 Å². The molecule has 0 unspecified atom stereocenters. The van der Waals surface area contributed by atoms with E-state index >= 15 is 0 Å². The Kier molecular flexibility index (Phi) is 3.26. The molecule has 0 spiro atoms. The molecule has 110 valence electrons. The van der Waals surface area contributed by atoms with E-state index in [0.717, 1.165) is 6.07 Å². The highest BCUT2D eigenvalue weighted by molar-refractivity contribution is 6.30. The van der Waals surface area contributed by atoms with Crippen LogP contribution in [0, 0.1) is 0 Å². The van der Waals surface area contributed by atoms with Crippen LogP contribution in [0.3, 0.4) is 0 Å². The van der Waals surface area contributed by atoms with E-state index in [1.54, 1.807) is 24.3 Å². The molecule has 3 aromatic rings. The maximum atomic E-state index is 11.8. The van der Waals surface area contributed by atoms with Crippen LogP contribution < -0.4 is 11.1 Å². The smallest absolute Gasteiger partial charge is 0.341 e. The molecule has 7 nitrogen and oxygen atoms in total. The monoisotopic (exact) mass is 317 g/mol. The van der Waals surface area contributed by atoms with E-state index in [1.807, 2.05) is 0 Å². The normalized spacial score (nSPS) is 10.8. The number of rotatable bonds is 2. The van der Waals surface area contributed by atoms with Crippen LogP contribution >= 0.6 is 11.6 Å². The minimum Gasteiger partial charge on any atom is -0.477 e. The number of carbonyl (C=O) groups is 1. The number of nitrogens with one attached hydrogen (secondary N) is 2. The van der Waals surface area contributed by atoms with Crippen LogP contribution in [-0.4, -0.2) is 26.3 Å². The third kappa shape index (κ3) is 2.27. The van der Waals surface area contributed by atoms with E-state index < -0.39 is 22.7 Å². The Morgan fingerprint density at radius 1 is 1.14 bits per heavy atom. The second kappa shape index (κ2) is 5.12. The first-order valence-corrected chi connectivity index (χ1v) is 6.50. The van der Waals surface area contributed by atoms with Crippen molar-refractivity contribution in [1.82, 2.24) is 15.2 Å². The van der Waals surface area contributed by atoms with Crippen molar-refractivity contribution in [2.75, 3.05) is 0 Å². The predicted octanol–water partition coefficient (Wildman–Crippen LogP) is 1.63. The summed E-state index contributed by atoms with van der Waals surface area (Å²) in [5, 5.41) is 16.0. The first-order chi connectivity index (χ1) is 10.5. The molecule has 0 amide bonds. The predicted molar refractivity (Wildman–Crippen MR) is 80.4 cm³/mol. The van der Waals surface area contributed by atoms with Crippen molar-refractivity contribution >= 4 is 28.5 Å². The highest BCUT2D eigenvalue weighted by atomic mass is 35.5. The van der Waals surface area contributed by atoms with E-state index in [2.05, 4.69) is 15.2 Å². The molecule has 2 aromatic heterocycles. The SMILES string of the molecule is O=C(O)c1cc2c(-c3ccc(Cl)cc3)n[nH]c(=O)c2[nH]c1=O. The maximum absolute atomic E-state index is 11.8. The minimum atomic E-state index is -1.38. The highest BCUT2D eigenvalue weighted by Gasteiger charge is 2.15. The number of halogens is 1. The molecule has 0 aliphatic carbocycles. The van der Waals surface area contributed by atoms with Crippen LogP contribution in [0.5, 0.6) is 0 Å². The summed E-state index contributed by atoms with van der Waals surface area (Å²) in [6.45, 7) is 0. The number of aromatic carboxylic acids is 1. The van der Waals surface area contributed by atoms with Gasteiger partial charge in [0.1, 0.15) is 16.8 Å². The Morgan fingerprint density at radius 3 is 2.45 bits per heavy atom. The highest BCUT2D eigenvalue weighted by Crippen LogP contribution is 2.24. The topological polar surface area (TPSA) is 116 Å². The fourth-order valence-corrected chi connectivity index (χ4v) is 2.23. The van der Waals surface area contributed by atoms with Gasteiger partial charge in [-0.2, -0.15) is 5.10 Å². The lowest BCUT2D eigenvalue weighted by Gasteiger charge is -2.06. The van der Waals surface area contributed by atoms with Crippen LogP contribution in [0.4, 0.5) is 0 Å². The number of carboxylic acid groups (broad SMARTS) is 1. The van der Waals surface area contributed by atoms with Gasteiger partial charge in [-0.3, -0.25) is 9.59 Å². The van der Waals surface area contributed by atoms with E-state index in [1.165, 1.54) is 0 Å². The maximum Gasteiger partial charge on any atom is 0.341 e. The van der Waals surface area contributed by atoms with Crippen LogP contribution in [-0.2, 0) is 0 Å². The number of nitrogens with zero attached hydrogens (tertiary/aromatic N) is 1. The molecule has 2 heterocycles. The standard InChI is InChI=1S/C14H8ClN3O4/c15-7-3-1-6(2-4-7)10-8-5-9(14(21)22)12(19)16-11(8)13(20)18-17-10/h1-5H,(H,16,19)(H,18,20)(H,21,22). The zero-order chi connectivity index (χ0) is 15.9. The second-order valence-corrected chi connectivity index (χ2v) is 4.95. The fourth-order valence-electron chi connectivity index (χ4n) is 2.11. The van der Waals surface area contributed by atoms with Crippen molar-refractivity contribution in [3.63, 3.8) is 0 Å². The second-order valence-electron chi connectivity index (χ2n) is 4.51. The molecule has 1 aromatic carbocycles. The third-order valence-corrected chi connectivity index (χ3v) is 3.39. The summed E-state index contributed by atoms with van der Waals surface area (Å²) in [4.78, 5) is 36.9. The molecule has 8 heteroatoms.